The number of hydrazine groups is 1. The van der Waals surface area contributed by atoms with Crippen LogP contribution in [0, 0.1) is 0 Å². The van der Waals surface area contributed by atoms with Crippen molar-refractivity contribution >= 4 is 11.3 Å². The molecule has 0 saturated heterocycles. The third-order valence-corrected chi connectivity index (χ3v) is 4.39. The summed E-state index contributed by atoms with van der Waals surface area (Å²) in [5.41, 5.74) is 4.22. The molecule has 3 nitrogen and oxygen atoms in total. The Labute approximate surface area is 111 Å². The number of thiophene rings is 1. The van der Waals surface area contributed by atoms with Crippen molar-refractivity contribution in [2.45, 2.75) is 18.4 Å². The predicted octanol–water partition coefficient (Wildman–Crippen LogP) is 2.82. The van der Waals surface area contributed by atoms with Gasteiger partial charge in [-0.2, -0.15) is 0 Å². The molecule has 0 saturated carbocycles. The standard InChI is InChI=1S/C14H16N2OS/c15-16-14(13-6-3-9-18-13)11-7-8-17-12-5-2-1-4-10(11)12/h1-6,9,11,14,16H,7-8,15H2. The van der Waals surface area contributed by atoms with Crippen molar-refractivity contribution in [1.82, 2.24) is 5.43 Å². The maximum Gasteiger partial charge on any atom is 0.122 e. The largest absolute Gasteiger partial charge is 0.493 e. The molecule has 0 bridgehead atoms. The highest BCUT2D eigenvalue weighted by Gasteiger charge is 2.29. The second kappa shape index (κ2) is 5.10. The highest BCUT2D eigenvalue weighted by atomic mass is 32.1. The van der Waals surface area contributed by atoms with Gasteiger partial charge in [0, 0.05) is 10.8 Å². The number of fused-ring (bicyclic) bond motifs is 1. The predicted molar refractivity (Wildman–Crippen MR) is 73.7 cm³/mol. The number of nitrogens with two attached hydrogens (primary N) is 1. The Bertz CT molecular complexity index is 512. The SMILES string of the molecule is NNC(c1cccs1)C1CCOc2ccccc21. The van der Waals surface area contributed by atoms with Crippen LogP contribution in [-0.2, 0) is 0 Å². The summed E-state index contributed by atoms with van der Waals surface area (Å²) in [4.78, 5) is 1.28. The zero-order valence-corrected chi connectivity index (χ0v) is 10.8. The molecule has 1 aromatic carbocycles. The van der Waals surface area contributed by atoms with Gasteiger partial charge in [0.05, 0.1) is 12.6 Å². The highest BCUT2D eigenvalue weighted by Crippen LogP contribution is 2.41. The van der Waals surface area contributed by atoms with Crippen molar-refractivity contribution < 1.29 is 4.74 Å². The molecule has 1 aromatic heterocycles. The van der Waals surface area contributed by atoms with E-state index in [0.717, 1.165) is 18.8 Å². The lowest BCUT2D eigenvalue weighted by molar-refractivity contribution is 0.247. The molecule has 2 atom stereocenters. The zero-order valence-electron chi connectivity index (χ0n) is 10.0. The van der Waals surface area contributed by atoms with Crippen molar-refractivity contribution in [1.29, 1.82) is 0 Å². The minimum Gasteiger partial charge on any atom is -0.493 e. The minimum atomic E-state index is 0.162. The van der Waals surface area contributed by atoms with E-state index >= 15 is 0 Å². The van der Waals surface area contributed by atoms with E-state index in [-0.39, 0.29) is 6.04 Å². The zero-order chi connectivity index (χ0) is 12.4. The Kier molecular flexibility index (Phi) is 3.32. The van der Waals surface area contributed by atoms with Gasteiger partial charge < -0.3 is 4.74 Å². The smallest absolute Gasteiger partial charge is 0.122 e. The molecule has 18 heavy (non-hydrogen) atoms. The summed E-state index contributed by atoms with van der Waals surface area (Å²) in [7, 11) is 0. The molecule has 2 unspecified atom stereocenters. The first-order chi connectivity index (χ1) is 8.90. The molecule has 4 heteroatoms. The molecule has 3 N–H and O–H groups in total. The summed E-state index contributed by atoms with van der Waals surface area (Å²) in [5.74, 6) is 7.13. The third-order valence-electron chi connectivity index (χ3n) is 3.44. The Morgan fingerprint density at radius 1 is 1.28 bits per heavy atom. The van der Waals surface area contributed by atoms with E-state index in [1.807, 2.05) is 12.1 Å². The van der Waals surface area contributed by atoms with Crippen molar-refractivity contribution in [3.8, 4) is 5.75 Å². The summed E-state index contributed by atoms with van der Waals surface area (Å²) >= 11 is 1.74. The second-order valence-corrected chi connectivity index (χ2v) is 5.42. The Hall–Kier alpha value is -1.36. The minimum absolute atomic E-state index is 0.162. The van der Waals surface area contributed by atoms with Gasteiger partial charge >= 0.3 is 0 Å². The molecule has 0 aliphatic carbocycles. The molecule has 3 rings (SSSR count). The number of hydrogen-bond donors (Lipinski definition) is 2. The number of hydrogen-bond acceptors (Lipinski definition) is 4. The molecule has 0 spiro atoms. The lowest BCUT2D eigenvalue weighted by atomic mass is 9.86. The van der Waals surface area contributed by atoms with Crippen LogP contribution in [0.3, 0.4) is 0 Å². The van der Waals surface area contributed by atoms with E-state index in [4.69, 9.17) is 10.6 Å². The van der Waals surface area contributed by atoms with E-state index in [9.17, 15) is 0 Å². The average molecular weight is 260 g/mol. The fraction of sp³-hybridized carbons (Fsp3) is 0.286. The number of ether oxygens (including phenoxy) is 1. The van der Waals surface area contributed by atoms with Crippen molar-refractivity contribution in [2.75, 3.05) is 6.61 Å². The molecule has 2 aromatic rings. The number of para-hydroxylation sites is 1. The Morgan fingerprint density at radius 3 is 2.94 bits per heavy atom. The first-order valence-electron chi connectivity index (χ1n) is 6.11. The topological polar surface area (TPSA) is 47.3 Å². The lowest BCUT2D eigenvalue weighted by Gasteiger charge is -2.31. The van der Waals surface area contributed by atoms with Crippen LogP contribution in [0.4, 0.5) is 0 Å². The van der Waals surface area contributed by atoms with E-state index in [1.54, 1.807) is 11.3 Å². The number of rotatable bonds is 3. The van der Waals surface area contributed by atoms with Crippen LogP contribution in [0.2, 0.25) is 0 Å². The van der Waals surface area contributed by atoms with Gasteiger partial charge in [0.15, 0.2) is 0 Å². The van der Waals surface area contributed by atoms with Gasteiger partial charge in [-0.3, -0.25) is 11.3 Å². The van der Waals surface area contributed by atoms with Gasteiger partial charge in [-0.05, 0) is 29.5 Å². The van der Waals surface area contributed by atoms with E-state index in [0.29, 0.717) is 5.92 Å². The summed E-state index contributed by atoms with van der Waals surface area (Å²) in [6.07, 6.45) is 0.990. The van der Waals surface area contributed by atoms with Crippen LogP contribution in [0.15, 0.2) is 41.8 Å². The molecule has 94 valence electrons. The van der Waals surface area contributed by atoms with Crippen molar-refractivity contribution in [2.24, 2.45) is 5.84 Å². The summed E-state index contributed by atoms with van der Waals surface area (Å²) in [6, 6.07) is 12.6. The lowest BCUT2D eigenvalue weighted by Crippen LogP contribution is -2.34. The fourth-order valence-electron chi connectivity index (χ4n) is 2.58. The van der Waals surface area contributed by atoms with E-state index in [1.165, 1.54) is 10.4 Å². The van der Waals surface area contributed by atoms with Crippen molar-refractivity contribution in [3.63, 3.8) is 0 Å². The fourth-order valence-corrected chi connectivity index (χ4v) is 3.43. The second-order valence-electron chi connectivity index (χ2n) is 4.44. The molecule has 2 heterocycles. The highest BCUT2D eigenvalue weighted by molar-refractivity contribution is 7.10. The van der Waals surface area contributed by atoms with E-state index < -0.39 is 0 Å². The Morgan fingerprint density at radius 2 is 2.17 bits per heavy atom. The van der Waals surface area contributed by atoms with Gasteiger partial charge in [-0.1, -0.05) is 24.3 Å². The monoisotopic (exact) mass is 260 g/mol. The average Bonchev–Trinajstić information content (AvgIpc) is 2.94. The first-order valence-corrected chi connectivity index (χ1v) is 6.99. The molecule has 0 radical (unpaired) electrons. The summed E-state index contributed by atoms with van der Waals surface area (Å²) in [6.45, 7) is 0.755. The molecular weight excluding hydrogens is 244 g/mol. The van der Waals surface area contributed by atoms with Crippen LogP contribution in [0.1, 0.15) is 28.8 Å². The maximum absolute atomic E-state index is 5.77. The van der Waals surface area contributed by atoms with Crippen LogP contribution >= 0.6 is 11.3 Å². The normalized spacial score (nSPS) is 19.9. The maximum atomic E-state index is 5.77. The summed E-state index contributed by atoms with van der Waals surface area (Å²) in [5, 5.41) is 2.09. The first kappa shape index (κ1) is 11.7. The molecule has 1 aliphatic rings. The van der Waals surface area contributed by atoms with Gasteiger partial charge in [-0.15, -0.1) is 11.3 Å². The molecule has 0 amide bonds. The van der Waals surface area contributed by atoms with Crippen LogP contribution in [-0.4, -0.2) is 6.61 Å². The quantitative estimate of drug-likeness (QED) is 0.659. The molecule has 1 aliphatic heterocycles. The van der Waals surface area contributed by atoms with Gasteiger partial charge in [0.25, 0.3) is 0 Å². The van der Waals surface area contributed by atoms with Crippen LogP contribution < -0.4 is 16.0 Å². The third kappa shape index (κ3) is 2.03. The number of benzene rings is 1. The van der Waals surface area contributed by atoms with Gasteiger partial charge in [-0.25, -0.2) is 0 Å². The van der Waals surface area contributed by atoms with Crippen LogP contribution in [0.25, 0.3) is 0 Å². The van der Waals surface area contributed by atoms with Gasteiger partial charge in [0.2, 0.25) is 0 Å². The van der Waals surface area contributed by atoms with Crippen LogP contribution in [0.5, 0.6) is 5.75 Å². The molecule has 0 fully saturated rings. The summed E-state index contributed by atoms with van der Waals surface area (Å²) < 4.78 is 5.70. The molecular formula is C14H16N2OS. The van der Waals surface area contributed by atoms with Crippen molar-refractivity contribution in [3.05, 3.63) is 52.2 Å². The van der Waals surface area contributed by atoms with Gasteiger partial charge in [0.1, 0.15) is 5.75 Å². The van der Waals surface area contributed by atoms with E-state index in [2.05, 4.69) is 35.1 Å². The Balaban J connectivity index is 1.97. The number of nitrogens with one attached hydrogen (secondary N) is 1.